The molecule has 0 aromatic heterocycles. The molecule has 0 fully saturated rings. The number of nitrogens with zero attached hydrogens (tertiary/aromatic N) is 1. The van der Waals surface area contributed by atoms with Gasteiger partial charge in [-0.2, -0.15) is 0 Å². The number of methoxy groups -OCH3 is 1. The van der Waals surface area contributed by atoms with Gasteiger partial charge in [0.2, 0.25) is 0 Å². The minimum absolute atomic E-state index is 0.197. The number of anilines is 1. The van der Waals surface area contributed by atoms with Crippen molar-refractivity contribution in [3.8, 4) is 0 Å². The maximum absolute atomic E-state index is 13.1. The van der Waals surface area contributed by atoms with Crippen molar-refractivity contribution in [1.82, 2.24) is 4.90 Å². The molecule has 1 heterocycles. The molecule has 2 amide bonds. The van der Waals surface area contributed by atoms with Gasteiger partial charge in [-0.1, -0.05) is 35.9 Å². The Kier molecular flexibility index (Phi) is 5.87. The summed E-state index contributed by atoms with van der Waals surface area (Å²) in [4.78, 5) is 27.4. The average molecular weight is 399 g/mol. The Morgan fingerprint density at radius 2 is 1.79 bits per heavy atom. The van der Waals surface area contributed by atoms with E-state index in [9.17, 15) is 9.59 Å². The highest BCUT2D eigenvalue weighted by atomic mass is 35.5. The van der Waals surface area contributed by atoms with Crippen molar-refractivity contribution < 1.29 is 14.3 Å². The summed E-state index contributed by atoms with van der Waals surface area (Å²) in [6.07, 6.45) is 0. The number of hydrogen-bond donors (Lipinski definition) is 1. The van der Waals surface area contributed by atoms with E-state index in [2.05, 4.69) is 5.32 Å². The first-order chi connectivity index (χ1) is 13.3. The Hall–Kier alpha value is -2.63. The highest BCUT2D eigenvalue weighted by Gasteiger charge is 2.39. The molecule has 3 rings (SSSR count). The quantitative estimate of drug-likeness (QED) is 0.744. The van der Waals surface area contributed by atoms with Crippen molar-refractivity contribution in [2.24, 2.45) is 0 Å². The fraction of sp³-hybridized carbons (Fsp3) is 0.273. The van der Waals surface area contributed by atoms with E-state index in [1.165, 1.54) is 12.0 Å². The second-order valence-corrected chi connectivity index (χ2v) is 7.25. The Labute approximate surface area is 169 Å². The van der Waals surface area contributed by atoms with E-state index in [4.69, 9.17) is 16.3 Å². The van der Waals surface area contributed by atoms with Gasteiger partial charge in [-0.05, 0) is 55.2 Å². The van der Waals surface area contributed by atoms with Crippen molar-refractivity contribution >= 4 is 34.7 Å². The molecule has 1 N–H and O–H groups in total. The van der Waals surface area contributed by atoms with Crippen molar-refractivity contribution in [2.45, 2.75) is 20.8 Å². The van der Waals surface area contributed by atoms with E-state index in [0.717, 1.165) is 16.7 Å². The minimum Gasteiger partial charge on any atom is -0.383 e. The molecule has 0 saturated carbocycles. The molecule has 5 nitrogen and oxygen atoms in total. The summed E-state index contributed by atoms with van der Waals surface area (Å²) in [5.41, 5.74) is 5.02. The summed E-state index contributed by atoms with van der Waals surface area (Å²) in [7, 11) is 1.54. The van der Waals surface area contributed by atoms with Gasteiger partial charge in [-0.3, -0.25) is 14.5 Å². The SMILES string of the molecule is COCCN1C(=O)C(Nc2cccc(Cl)c2C)=C(c2ccc(C)c(C)c2)C1=O. The highest BCUT2D eigenvalue weighted by molar-refractivity contribution is 6.36. The van der Waals surface area contributed by atoms with Crippen molar-refractivity contribution in [3.63, 3.8) is 0 Å². The molecule has 0 atom stereocenters. The molecule has 0 saturated heterocycles. The lowest BCUT2D eigenvalue weighted by Gasteiger charge is -2.15. The highest BCUT2D eigenvalue weighted by Crippen LogP contribution is 2.33. The molecule has 146 valence electrons. The molecule has 0 radical (unpaired) electrons. The topological polar surface area (TPSA) is 58.6 Å². The molecule has 1 aliphatic heterocycles. The maximum Gasteiger partial charge on any atom is 0.278 e. The summed E-state index contributed by atoms with van der Waals surface area (Å²) in [5, 5.41) is 3.75. The normalized spacial score (nSPS) is 14.2. The second kappa shape index (κ2) is 8.17. The lowest BCUT2D eigenvalue weighted by atomic mass is 9.99. The number of imide groups is 1. The number of halogens is 1. The van der Waals surface area contributed by atoms with Gasteiger partial charge in [-0.25, -0.2) is 0 Å². The molecule has 28 heavy (non-hydrogen) atoms. The number of carbonyl (C=O) groups is 2. The minimum atomic E-state index is -0.366. The number of carbonyl (C=O) groups excluding carboxylic acids is 2. The first-order valence-corrected chi connectivity index (χ1v) is 9.42. The number of hydrogen-bond acceptors (Lipinski definition) is 4. The van der Waals surface area contributed by atoms with Crippen LogP contribution in [0.3, 0.4) is 0 Å². The number of ether oxygens (including phenoxy) is 1. The number of rotatable bonds is 6. The van der Waals surface area contributed by atoms with Gasteiger partial charge in [0.25, 0.3) is 11.8 Å². The molecule has 0 spiro atoms. The lowest BCUT2D eigenvalue weighted by molar-refractivity contribution is -0.137. The zero-order chi connectivity index (χ0) is 20.4. The molecule has 1 aliphatic rings. The van der Waals surface area contributed by atoms with Crippen LogP contribution < -0.4 is 5.32 Å². The Morgan fingerprint density at radius 3 is 2.46 bits per heavy atom. The van der Waals surface area contributed by atoms with Crippen molar-refractivity contribution in [3.05, 3.63) is 69.4 Å². The molecule has 0 unspecified atom stereocenters. The molecule has 2 aromatic carbocycles. The van der Waals surface area contributed by atoms with E-state index in [1.807, 2.05) is 45.0 Å². The molecule has 0 bridgehead atoms. The van der Waals surface area contributed by atoms with Crippen LogP contribution in [0.1, 0.15) is 22.3 Å². The fourth-order valence-corrected chi connectivity index (χ4v) is 3.29. The van der Waals surface area contributed by atoms with Crippen LogP contribution in [-0.2, 0) is 14.3 Å². The van der Waals surface area contributed by atoms with Crippen molar-refractivity contribution in [1.29, 1.82) is 0 Å². The summed E-state index contributed by atoms with van der Waals surface area (Å²) >= 11 is 6.22. The largest absolute Gasteiger partial charge is 0.383 e. The van der Waals surface area contributed by atoms with E-state index >= 15 is 0 Å². The first-order valence-electron chi connectivity index (χ1n) is 9.04. The van der Waals surface area contributed by atoms with E-state index < -0.39 is 0 Å². The van der Waals surface area contributed by atoms with Crippen LogP contribution in [-0.4, -0.2) is 37.0 Å². The van der Waals surface area contributed by atoms with E-state index in [0.29, 0.717) is 21.8 Å². The Morgan fingerprint density at radius 1 is 1.04 bits per heavy atom. The van der Waals surface area contributed by atoms with Crippen molar-refractivity contribution in [2.75, 3.05) is 25.6 Å². The number of aryl methyl sites for hydroxylation is 2. The lowest BCUT2D eigenvalue weighted by Crippen LogP contribution is -2.35. The van der Waals surface area contributed by atoms with Crippen LogP contribution in [0, 0.1) is 20.8 Å². The Bertz CT molecular complexity index is 982. The number of benzene rings is 2. The van der Waals surface area contributed by atoms with Gasteiger partial charge in [0.05, 0.1) is 18.7 Å². The zero-order valence-corrected chi connectivity index (χ0v) is 17.2. The van der Waals surface area contributed by atoms with Gasteiger partial charge in [-0.15, -0.1) is 0 Å². The first kappa shape index (κ1) is 20.1. The van der Waals surface area contributed by atoms with Crippen LogP contribution in [0.15, 0.2) is 42.1 Å². The van der Waals surface area contributed by atoms with Crippen LogP contribution in [0.5, 0.6) is 0 Å². The van der Waals surface area contributed by atoms with Gasteiger partial charge in [0.1, 0.15) is 5.70 Å². The summed E-state index contributed by atoms with van der Waals surface area (Å²) in [6.45, 7) is 6.33. The molecule has 6 heteroatoms. The monoisotopic (exact) mass is 398 g/mol. The predicted molar refractivity (Wildman–Crippen MR) is 111 cm³/mol. The maximum atomic E-state index is 13.1. The third-order valence-electron chi connectivity index (χ3n) is 5.01. The zero-order valence-electron chi connectivity index (χ0n) is 16.4. The molecular weight excluding hydrogens is 376 g/mol. The Balaban J connectivity index is 2.11. The van der Waals surface area contributed by atoms with Gasteiger partial charge >= 0.3 is 0 Å². The molecule has 0 aliphatic carbocycles. The van der Waals surface area contributed by atoms with Crippen LogP contribution >= 0.6 is 11.6 Å². The third-order valence-corrected chi connectivity index (χ3v) is 5.42. The molecule has 2 aromatic rings. The van der Waals surface area contributed by atoms with Gasteiger partial charge in [0, 0.05) is 17.8 Å². The summed E-state index contributed by atoms with van der Waals surface area (Å²) in [6, 6.07) is 11.2. The number of nitrogens with one attached hydrogen (secondary N) is 1. The standard InChI is InChI=1S/C22H23ClN2O3/c1-13-8-9-16(12-14(13)2)19-20(22(27)25(21(19)26)10-11-28-4)24-18-7-5-6-17(23)15(18)3/h5-9,12,24H,10-11H2,1-4H3. The second-order valence-electron chi connectivity index (χ2n) is 6.84. The molecular formula is C22H23ClN2O3. The van der Waals surface area contributed by atoms with E-state index in [1.54, 1.807) is 12.1 Å². The van der Waals surface area contributed by atoms with Crippen LogP contribution in [0.4, 0.5) is 5.69 Å². The third kappa shape index (κ3) is 3.68. The fourth-order valence-electron chi connectivity index (χ4n) is 3.12. The van der Waals surface area contributed by atoms with Crippen LogP contribution in [0.2, 0.25) is 5.02 Å². The summed E-state index contributed by atoms with van der Waals surface area (Å²) < 4.78 is 5.06. The predicted octanol–water partition coefficient (Wildman–Crippen LogP) is 4.10. The van der Waals surface area contributed by atoms with E-state index in [-0.39, 0.29) is 30.7 Å². The average Bonchev–Trinajstić information content (AvgIpc) is 2.89. The van der Waals surface area contributed by atoms with Gasteiger partial charge in [0.15, 0.2) is 0 Å². The van der Waals surface area contributed by atoms with Crippen LogP contribution in [0.25, 0.3) is 5.57 Å². The number of amides is 2. The summed E-state index contributed by atoms with van der Waals surface area (Å²) in [5.74, 6) is -0.692. The van der Waals surface area contributed by atoms with Gasteiger partial charge < -0.3 is 10.1 Å². The smallest absolute Gasteiger partial charge is 0.278 e.